The average Bonchev–Trinajstić information content (AvgIpc) is 2.00. The van der Waals surface area contributed by atoms with Gasteiger partial charge in [0.15, 0.2) is 0 Å². The number of hydrogen-bond acceptors (Lipinski definition) is 4. The van der Waals surface area contributed by atoms with Gasteiger partial charge in [-0.05, 0) is 0 Å². The molecule has 0 saturated carbocycles. The fraction of sp³-hybridized carbons (Fsp3) is 0. The fourth-order valence-electron chi connectivity index (χ4n) is 0.935. The lowest BCUT2D eigenvalue weighted by molar-refractivity contribution is 0.497. The largest absolute Gasteiger partial charge is 0.302 e. The Balaban J connectivity index is 3.41. The van der Waals surface area contributed by atoms with Gasteiger partial charge in [-0.3, -0.25) is 9.11 Å². The van der Waals surface area contributed by atoms with Crippen molar-refractivity contribution < 1.29 is 25.9 Å². The van der Waals surface area contributed by atoms with Crippen molar-refractivity contribution in [2.45, 2.75) is 0 Å². The summed E-state index contributed by atoms with van der Waals surface area (Å²) in [6, 6.07) is 6.76. The van der Waals surface area contributed by atoms with Crippen molar-refractivity contribution in [1.29, 1.82) is 0 Å². The Morgan fingerprint density at radius 1 is 0.867 bits per heavy atom. The molecule has 1 rings (SSSR count). The second-order valence-corrected chi connectivity index (χ2v) is 11.0. The Labute approximate surface area is 87.7 Å². The van der Waals surface area contributed by atoms with Crippen LogP contribution in [0.25, 0.3) is 0 Å². The van der Waals surface area contributed by atoms with Crippen molar-refractivity contribution in [2.24, 2.45) is 0 Å². The molecule has 0 aliphatic rings. The molecular weight excluding hydrogens is 263 g/mol. The maximum atomic E-state index is 10.8. The Morgan fingerprint density at radius 3 is 1.60 bits per heavy atom. The Bertz CT molecular complexity index is 502. The van der Waals surface area contributed by atoms with Crippen LogP contribution in [-0.4, -0.2) is 25.9 Å². The van der Waals surface area contributed by atoms with Gasteiger partial charge in [0.2, 0.25) is 6.33 Å². The Hall–Kier alpha value is -0.530. The quantitative estimate of drug-likeness (QED) is 0.607. The van der Waals surface area contributed by atoms with Crippen molar-refractivity contribution in [2.75, 3.05) is 0 Å². The summed E-state index contributed by atoms with van der Waals surface area (Å²) in [4.78, 5) is 0. The molecule has 2 N–H and O–H groups in total. The molecule has 0 aliphatic carbocycles. The SMILES string of the molecule is O=S(=O)(O)P(c1ccccc1)S(=O)(=O)O. The molecule has 0 atom stereocenters. The monoisotopic (exact) mass is 270 g/mol. The summed E-state index contributed by atoms with van der Waals surface area (Å²) >= 11 is 0. The van der Waals surface area contributed by atoms with Gasteiger partial charge in [-0.15, -0.1) is 0 Å². The standard InChI is InChI=1S/C6H7O6PS2/c7-14(8,9)13(15(10,11)12)6-4-2-1-3-5-6/h1-5H,(H,7,8,9)(H,10,11,12). The van der Waals surface area contributed by atoms with E-state index in [1.165, 1.54) is 24.3 Å². The zero-order valence-electron chi connectivity index (χ0n) is 7.18. The van der Waals surface area contributed by atoms with E-state index in [0.29, 0.717) is 0 Å². The zero-order chi connectivity index (χ0) is 11.7. The van der Waals surface area contributed by atoms with E-state index in [4.69, 9.17) is 9.11 Å². The van der Waals surface area contributed by atoms with Gasteiger partial charge in [-0.2, -0.15) is 16.8 Å². The average molecular weight is 270 g/mol. The molecule has 0 spiro atoms. The predicted molar refractivity (Wildman–Crippen MR) is 56.1 cm³/mol. The highest BCUT2D eigenvalue weighted by molar-refractivity contribution is 8.81. The third kappa shape index (κ3) is 3.22. The highest BCUT2D eigenvalue weighted by atomic mass is 33.1. The van der Waals surface area contributed by atoms with Gasteiger partial charge in [-0.25, -0.2) is 0 Å². The molecule has 1 aromatic rings. The van der Waals surface area contributed by atoms with Crippen molar-refractivity contribution in [3.8, 4) is 0 Å². The van der Waals surface area contributed by atoms with E-state index in [9.17, 15) is 16.8 Å². The van der Waals surface area contributed by atoms with Crippen LogP contribution in [0.1, 0.15) is 0 Å². The first-order chi connectivity index (χ1) is 6.73. The number of rotatable bonds is 3. The molecule has 6 nitrogen and oxygen atoms in total. The van der Waals surface area contributed by atoms with Gasteiger partial charge in [0.05, 0.1) is 0 Å². The molecule has 0 aliphatic heterocycles. The van der Waals surface area contributed by atoms with Gasteiger partial charge in [-0.1, -0.05) is 30.3 Å². The van der Waals surface area contributed by atoms with Gasteiger partial charge in [0.1, 0.15) is 0 Å². The molecule has 0 bridgehead atoms. The van der Waals surface area contributed by atoms with Crippen molar-refractivity contribution >= 4 is 31.1 Å². The highest BCUT2D eigenvalue weighted by Gasteiger charge is 2.37. The molecule has 0 saturated heterocycles. The number of benzene rings is 1. The first-order valence-electron chi connectivity index (χ1n) is 3.53. The van der Waals surface area contributed by atoms with E-state index in [1.54, 1.807) is 6.07 Å². The summed E-state index contributed by atoms with van der Waals surface area (Å²) in [6.07, 6.45) is -3.08. The lowest BCUT2D eigenvalue weighted by Crippen LogP contribution is -2.14. The molecule has 15 heavy (non-hydrogen) atoms. The third-order valence-corrected chi connectivity index (χ3v) is 10.1. The predicted octanol–water partition coefficient (Wildman–Crippen LogP) is 0.399. The van der Waals surface area contributed by atoms with E-state index in [1.807, 2.05) is 0 Å². The van der Waals surface area contributed by atoms with E-state index < -0.39 is 25.8 Å². The zero-order valence-corrected chi connectivity index (χ0v) is 9.71. The van der Waals surface area contributed by atoms with Crippen molar-refractivity contribution in [1.82, 2.24) is 0 Å². The van der Waals surface area contributed by atoms with Crippen LogP contribution in [0.5, 0.6) is 0 Å². The van der Waals surface area contributed by atoms with Gasteiger partial charge < -0.3 is 0 Å². The fourth-order valence-corrected chi connectivity index (χ4v) is 7.31. The van der Waals surface area contributed by atoms with E-state index in [0.717, 1.165) is 0 Å². The normalized spacial score (nSPS) is 13.0. The van der Waals surface area contributed by atoms with Crippen LogP contribution in [0.4, 0.5) is 0 Å². The van der Waals surface area contributed by atoms with Crippen LogP contribution in [0, 0.1) is 0 Å². The van der Waals surface area contributed by atoms with Crippen LogP contribution in [0.15, 0.2) is 30.3 Å². The lowest BCUT2D eigenvalue weighted by atomic mass is 10.4. The summed E-state index contributed by atoms with van der Waals surface area (Å²) in [6.45, 7) is 0. The maximum absolute atomic E-state index is 10.8. The van der Waals surface area contributed by atoms with Crippen LogP contribution in [0.2, 0.25) is 0 Å². The Kier molecular flexibility index (Phi) is 3.47. The summed E-state index contributed by atoms with van der Waals surface area (Å²) in [5.41, 5.74) is 0. The number of hydrogen-bond donors (Lipinski definition) is 2. The first-order valence-corrected chi connectivity index (χ1v) is 8.96. The minimum Gasteiger partial charge on any atom is -0.282 e. The maximum Gasteiger partial charge on any atom is 0.302 e. The molecule has 9 heteroatoms. The first kappa shape index (κ1) is 12.5. The molecule has 0 amide bonds. The summed E-state index contributed by atoms with van der Waals surface area (Å²) in [5, 5.41) is -0.155. The molecule has 0 fully saturated rings. The third-order valence-electron chi connectivity index (χ3n) is 1.39. The minimum atomic E-state index is -4.85. The summed E-state index contributed by atoms with van der Waals surface area (Å²) in [5.74, 6) is 0. The van der Waals surface area contributed by atoms with Gasteiger partial charge >= 0.3 is 19.5 Å². The molecule has 0 unspecified atom stereocenters. The molecule has 84 valence electrons. The van der Waals surface area contributed by atoms with Crippen LogP contribution < -0.4 is 5.30 Å². The smallest absolute Gasteiger partial charge is 0.282 e. The molecular formula is C6H7O6PS2. The molecule has 0 aromatic heterocycles. The van der Waals surface area contributed by atoms with Crippen molar-refractivity contribution in [3.05, 3.63) is 30.3 Å². The molecule has 0 radical (unpaired) electrons. The Morgan fingerprint density at radius 2 is 1.27 bits per heavy atom. The lowest BCUT2D eigenvalue weighted by Gasteiger charge is -2.09. The van der Waals surface area contributed by atoms with Gasteiger partial charge in [0, 0.05) is 5.30 Å². The topological polar surface area (TPSA) is 109 Å². The molecule has 1 aromatic carbocycles. The van der Waals surface area contributed by atoms with Crippen LogP contribution >= 0.6 is 6.33 Å². The van der Waals surface area contributed by atoms with Crippen molar-refractivity contribution in [3.63, 3.8) is 0 Å². The van der Waals surface area contributed by atoms with Crippen LogP contribution in [-0.2, 0) is 19.5 Å². The van der Waals surface area contributed by atoms with E-state index in [2.05, 4.69) is 0 Å². The summed E-state index contributed by atoms with van der Waals surface area (Å²) < 4.78 is 60.8. The van der Waals surface area contributed by atoms with E-state index >= 15 is 0 Å². The minimum absolute atomic E-state index is 0.155. The van der Waals surface area contributed by atoms with Gasteiger partial charge in [0.25, 0.3) is 0 Å². The second kappa shape index (κ2) is 4.15. The highest BCUT2D eigenvalue weighted by Crippen LogP contribution is 2.46. The summed E-state index contributed by atoms with van der Waals surface area (Å²) in [7, 11) is -9.70. The van der Waals surface area contributed by atoms with E-state index in [-0.39, 0.29) is 5.30 Å². The van der Waals surface area contributed by atoms with Crippen LogP contribution in [0.3, 0.4) is 0 Å². The second-order valence-electron chi connectivity index (χ2n) is 2.49. The molecule has 0 heterocycles.